The quantitative estimate of drug-likeness (QED) is 0.722. The van der Waals surface area contributed by atoms with Crippen molar-refractivity contribution in [2.24, 2.45) is 0 Å². The Morgan fingerprint density at radius 2 is 1.88 bits per heavy atom. The average Bonchev–Trinajstić information content (AvgIpc) is 3.37. The lowest BCUT2D eigenvalue weighted by atomic mass is 10.2. The Kier molecular flexibility index (Phi) is 5.53. The Bertz CT molecular complexity index is 961. The van der Waals surface area contributed by atoms with Crippen molar-refractivity contribution in [1.82, 2.24) is 4.72 Å². The number of rotatable bonds is 6. The third-order valence-electron chi connectivity index (χ3n) is 3.75. The zero-order valence-corrected chi connectivity index (χ0v) is 15.7. The number of carbonyl (C=O) groups excluding carboxylic acids is 1. The average molecular weight is 418 g/mol. The smallest absolute Gasteiger partial charge is 0.340 e. The molecular weight excluding hydrogens is 404 g/mol. The largest absolute Gasteiger partial charge is 0.457 e. The van der Waals surface area contributed by atoms with Crippen molar-refractivity contribution < 1.29 is 22.3 Å². The first-order chi connectivity index (χ1) is 12.3. The fraction of sp³-hybridized carbons (Fsp3) is 0.235. The third-order valence-corrected chi connectivity index (χ3v) is 6.04. The Balaban J connectivity index is 1.83. The van der Waals surface area contributed by atoms with E-state index >= 15 is 0 Å². The number of ether oxygens (including phenoxy) is 1. The molecule has 0 aliphatic heterocycles. The standard InChI is InChI=1S/C17H14Cl2FNO4S/c18-13-8-14(19)16(26(23,24)21-11-5-6-11)7-12(13)17(22)25-9-10-3-1-2-4-15(10)20/h1-4,7-8,11,21H,5-6,9H2. The first kappa shape index (κ1) is 19.1. The second kappa shape index (κ2) is 7.52. The van der Waals surface area contributed by atoms with E-state index in [0.29, 0.717) is 0 Å². The molecule has 1 fully saturated rings. The van der Waals surface area contributed by atoms with E-state index in [-0.39, 0.29) is 38.7 Å². The van der Waals surface area contributed by atoms with Crippen LogP contribution in [0.4, 0.5) is 4.39 Å². The Morgan fingerprint density at radius 1 is 1.19 bits per heavy atom. The molecule has 2 aromatic carbocycles. The van der Waals surface area contributed by atoms with Crippen LogP contribution in [0.15, 0.2) is 41.3 Å². The van der Waals surface area contributed by atoms with Gasteiger partial charge in [0.15, 0.2) is 0 Å². The molecule has 2 aromatic rings. The van der Waals surface area contributed by atoms with Crippen LogP contribution in [-0.2, 0) is 21.4 Å². The van der Waals surface area contributed by atoms with Crippen LogP contribution < -0.4 is 4.72 Å². The van der Waals surface area contributed by atoms with Crippen LogP contribution in [0.25, 0.3) is 0 Å². The highest BCUT2D eigenvalue weighted by Crippen LogP contribution is 2.31. The highest BCUT2D eigenvalue weighted by Gasteiger charge is 2.30. The molecule has 5 nitrogen and oxygen atoms in total. The maximum absolute atomic E-state index is 13.6. The third kappa shape index (κ3) is 4.35. The predicted molar refractivity (Wildman–Crippen MR) is 95.3 cm³/mol. The molecule has 138 valence electrons. The minimum absolute atomic E-state index is 0.0566. The minimum Gasteiger partial charge on any atom is -0.457 e. The first-order valence-corrected chi connectivity index (χ1v) is 9.94. The summed E-state index contributed by atoms with van der Waals surface area (Å²) in [5.74, 6) is -1.39. The van der Waals surface area contributed by atoms with E-state index in [4.69, 9.17) is 27.9 Å². The van der Waals surface area contributed by atoms with Gasteiger partial charge in [-0.2, -0.15) is 0 Å². The summed E-state index contributed by atoms with van der Waals surface area (Å²) in [5.41, 5.74) is 0.0257. The van der Waals surface area contributed by atoms with Crippen molar-refractivity contribution in [2.45, 2.75) is 30.4 Å². The summed E-state index contributed by atoms with van der Waals surface area (Å²) in [6.07, 6.45) is 1.50. The van der Waals surface area contributed by atoms with Crippen molar-refractivity contribution in [3.63, 3.8) is 0 Å². The number of esters is 1. The van der Waals surface area contributed by atoms with Crippen molar-refractivity contribution in [1.29, 1.82) is 0 Å². The van der Waals surface area contributed by atoms with Crippen LogP contribution in [0.2, 0.25) is 10.0 Å². The molecule has 0 amide bonds. The molecule has 1 N–H and O–H groups in total. The number of carbonyl (C=O) groups is 1. The van der Waals surface area contributed by atoms with Gasteiger partial charge >= 0.3 is 5.97 Å². The molecule has 9 heteroatoms. The fourth-order valence-corrected chi connectivity index (χ4v) is 4.37. The van der Waals surface area contributed by atoms with Crippen LogP contribution in [0.5, 0.6) is 0 Å². The van der Waals surface area contributed by atoms with E-state index in [1.54, 1.807) is 6.07 Å². The number of sulfonamides is 1. The van der Waals surface area contributed by atoms with Gasteiger partial charge in [-0.05, 0) is 31.0 Å². The van der Waals surface area contributed by atoms with E-state index in [0.717, 1.165) is 18.9 Å². The summed E-state index contributed by atoms with van der Waals surface area (Å²) < 4.78 is 45.9. The maximum Gasteiger partial charge on any atom is 0.340 e. The van der Waals surface area contributed by atoms with Gasteiger partial charge in [0.1, 0.15) is 17.3 Å². The zero-order valence-electron chi connectivity index (χ0n) is 13.3. The first-order valence-electron chi connectivity index (χ1n) is 7.70. The van der Waals surface area contributed by atoms with Gasteiger partial charge < -0.3 is 4.74 Å². The van der Waals surface area contributed by atoms with Gasteiger partial charge in [0.2, 0.25) is 10.0 Å². The lowest BCUT2D eigenvalue weighted by Gasteiger charge is -2.11. The summed E-state index contributed by atoms with van der Waals surface area (Å²) in [6.45, 7) is -0.313. The molecule has 0 heterocycles. The van der Waals surface area contributed by atoms with Gasteiger partial charge in [0.05, 0.1) is 15.6 Å². The summed E-state index contributed by atoms with van der Waals surface area (Å²) in [6, 6.07) is 7.96. The zero-order chi connectivity index (χ0) is 18.9. The molecule has 0 unspecified atom stereocenters. The van der Waals surface area contributed by atoms with E-state index in [1.807, 2.05) is 0 Å². The topological polar surface area (TPSA) is 72.5 Å². The molecule has 0 bridgehead atoms. The number of halogens is 3. The Morgan fingerprint density at radius 3 is 2.54 bits per heavy atom. The normalized spacial score (nSPS) is 14.3. The summed E-state index contributed by atoms with van der Waals surface area (Å²) in [5, 5.41) is -0.160. The lowest BCUT2D eigenvalue weighted by molar-refractivity contribution is 0.0469. The van der Waals surface area contributed by atoms with Crippen molar-refractivity contribution in [3.05, 3.63) is 63.4 Å². The second-order valence-electron chi connectivity index (χ2n) is 5.83. The molecule has 3 rings (SSSR count). The van der Waals surface area contributed by atoms with Gasteiger partial charge in [-0.15, -0.1) is 0 Å². The summed E-state index contributed by atoms with van der Waals surface area (Å²) >= 11 is 12.0. The van der Waals surface area contributed by atoms with Crippen molar-refractivity contribution in [2.75, 3.05) is 0 Å². The van der Waals surface area contributed by atoms with Gasteiger partial charge in [0, 0.05) is 11.6 Å². The molecule has 0 saturated heterocycles. The molecule has 0 spiro atoms. The highest BCUT2D eigenvalue weighted by atomic mass is 35.5. The van der Waals surface area contributed by atoms with Gasteiger partial charge in [-0.1, -0.05) is 41.4 Å². The van der Waals surface area contributed by atoms with Crippen LogP contribution in [-0.4, -0.2) is 20.4 Å². The van der Waals surface area contributed by atoms with Crippen LogP contribution >= 0.6 is 23.2 Å². The number of nitrogens with one attached hydrogen (secondary N) is 1. The van der Waals surface area contributed by atoms with E-state index < -0.39 is 21.8 Å². The Hall–Kier alpha value is -1.67. The fourth-order valence-electron chi connectivity index (χ4n) is 2.21. The second-order valence-corrected chi connectivity index (χ2v) is 8.32. The van der Waals surface area contributed by atoms with Gasteiger partial charge in [-0.3, -0.25) is 0 Å². The van der Waals surface area contributed by atoms with E-state index in [1.165, 1.54) is 24.3 Å². The van der Waals surface area contributed by atoms with Gasteiger partial charge in [-0.25, -0.2) is 22.3 Å². The van der Waals surface area contributed by atoms with Crippen LogP contribution in [0, 0.1) is 5.82 Å². The number of benzene rings is 2. The van der Waals surface area contributed by atoms with Gasteiger partial charge in [0.25, 0.3) is 0 Å². The SMILES string of the molecule is O=C(OCc1ccccc1F)c1cc(S(=O)(=O)NC2CC2)c(Cl)cc1Cl. The number of hydrogen-bond donors (Lipinski definition) is 1. The molecular formula is C17H14Cl2FNO4S. The molecule has 1 aliphatic carbocycles. The molecule has 0 atom stereocenters. The monoisotopic (exact) mass is 417 g/mol. The summed E-state index contributed by atoms with van der Waals surface area (Å²) in [4.78, 5) is 12.0. The maximum atomic E-state index is 13.6. The molecule has 0 aromatic heterocycles. The highest BCUT2D eigenvalue weighted by molar-refractivity contribution is 7.89. The van der Waals surface area contributed by atoms with E-state index in [2.05, 4.69) is 4.72 Å². The predicted octanol–water partition coefficient (Wildman–Crippen LogP) is 3.93. The van der Waals surface area contributed by atoms with E-state index in [9.17, 15) is 17.6 Å². The van der Waals surface area contributed by atoms with Crippen LogP contribution in [0.1, 0.15) is 28.8 Å². The lowest BCUT2D eigenvalue weighted by Crippen LogP contribution is -2.26. The minimum atomic E-state index is -3.88. The molecule has 1 aliphatic rings. The molecule has 26 heavy (non-hydrogen) atoms. The summed E-state index contributed by atoms with van der Waals surface area (Å²) in [7, 11) is -3.88. The molecule has 1 saturated carbocycles. The number of hydrogen-bond acceptors (Lipinski definition) is 4. The Labute approximate surface area is 160 Å². The van der Waals surface area contributed by atoms with Crippen LogP contribution in [0.3, 0.4) is 0 Å². The molecule has 0 radical (unpaired) electrons. The van der Waals surface area contributed by atoms with Crippen molar-refractivity contribution >= 4 is 39.2 Å². The van der Waals surface area contributed by atoms with Crippen molar-refractivity contribution in [3.8, 4) is 0 Å².